The van der Waals surface area contributed by atoms with E-state index in [-0.39, 0.29) is 13.7 Å². The first-order chi connectivity index (χ1) is 17.5. The maximum atomic E-state index is 14.0. The van der Waals surface area contributed by atoms with E-state index < -0.39 is 5.82 Å². The molecule has 0 aromatic heterocycles. The molecule has 0 N–H and O–H groups in total. The number of aldehydes is 1. The topological polar surface area (TPSA) is 44.8 Å². The van der Waals surface area contributed by atoms with Gasteiger partial charge in [0.25, 0.3) is 0 Å². The van der Waals surface area contributed by atoms with Gasteiger partial charge in [0.15, 0.2) is 17.8 Å². The van der Waals surface area contributed by atoms with Crippen LogP contribution in [-0.2, 0) is 11.8 Å². The average Bonchev–Trinajstić information content (AvgIpc) is 2.91. The minimum atomic E-state index is -0.407. The number of carbonyl (C=O) groups is 1. The lowest BCUT2D eigenvalue weighted by Gasteiger charge is -2.37. The molecule has 192 valence electrons. The highest BCUT2D eigenvalue weighted by molar-refractivity contribution is 7.48. The van der Waals surface area contributed by atoms with Crippen LogP contribution in [0.4, 0.5) is 4.39 Å². The molecule has 0 bridgehead atoms. The summed E-state index contributed by atoms with van der Waals surface area (Å²) < 4.78 is 31.9. The largest absolute Gasteiger partial charge is 0.497 e. The Kier molecular flexibility index (Phi) is 10.3. The zero-order valence-corrected chi connectivity index (χ0v) is 22.6. The van der Waals surface area contributed by atoms with E-state index >= 15 is 0 Å². The van der Waals surface area contributed by atoms with Crippen LogP contribution in [0.25, 0.3) is 0 Å². The van der Waals surface area contributed by atoms with E-state index in [9.17, 15) is 9.18 Å². The highest BCUT2D eigenvalue weighted by atomic mass is 31.1. The Morgan fingerprint density at radius 2 is 1.72 bits per heavy atom. The van der Waals surface area contributed by atoms with Crippen molar-refractivity contribution in [2.45, 2.75) is 57.7 Å². The monoisotopic (exact) mass is 510 g/mol. The summed E-state index contributed by atoms with van der Waals surface area (Å²) in [5.74, 6) is 1.58. The van der Waals surface area contributed by atoms with Gasteiger partial charge < -0.3 is 14.2 Å². The highest BCUT2D eigenvalue weighted by Crippen LogP contribution is 2.55. The van der Waals surface area contributed by atoms with Crippen LogP contribution >= 0.6 is 8.58 Å². The molecule has 3 aromatic carbocycles. The minimum absolute atomic E-state index is 0.236. The van der Waals surface area contributed by atoms with Crippen LogP contribution in [0.15, 0.2) is 60.7 Å². The highest BCUT2D eigenvalue weighted by Gasteiger charge is 2.37. The van der Waals surface area contributed by atoms with Crippen molar-refractivity contribution in [3.05, 3.63) is 83.2 Å². The molecule has 3 rings (SSSR count). The van der Waals surface area contributed by atoms with Gasteiger partial charge in [-0.05, 0) is 41.9 Å². The van der Waals surface area contributed by atoms with Gasteiger partial charge in [0.2, 0.25) is 0 Å². The van der Waals surface area contributed by atoms with E-state index in [1.54, 1.807) is 20.3 Å². The molecule has 0 saturated heterocycles. The normalized spacial score (nSPS) is 12.9. The number of ether oxygens (including phenoxy) is 3. The second-order valence-corrected chi connectivity index (χ2v) is 10.6. The van der Waals surface area contributed by atoms with Gasteiger partial charge in [0.1, 0.15) is 18.2 Å². The van der Waals surface area contributed by atoms with Crippen molar-refractivity contribution < 1.29 is 23.4 Å². The van der Waals surface area contributed by atoms with E-state index in [4.69, 9.17) is 14.2 Å². The van der Waals surface area contributed by atoms with Crippen LogP contribution in [0, 0.1) is 5.82 Å². The number of methoxy groups -OCH3 is 2. The molecule has 0 aliphatic carbocycles. The molecule has 0 fully saturated rings. The molecule has 0 aliphatic heterocycles. The first-order valence-electron chi connectivity index (χ1n) is 12.5. The van der Waals surface area contributed by atoms with Gasteiger partial charge in [-0.1, -0.05) is 78.1 Å². The predicted octanol–water partition coefficient (Wildman–Crippen LogP) is 7.42. The van der Waals surface area contributed by atoms with Gasteiger partial charge in [-0.25, -0.2) is 4.39 Å². The van der Waals surface area contributed by atoms with Crippen molar-refractivity contribution in [3.8, 4) is 17.2 Å². The molecular weight excluding hydrogens is 474 g/mol. The summed E-state index contributed by atoms with van der Waals surface area (Å²) in [5, 5.41) is 0.514. The summed E-state index contributed by atoms with van der Waals surface area (Å²) in [5.41, 5.74) is 2.46. The average molecular weight is 511 g/mol. The maximum Gasteiger partial charge on any atom is 0.166 e. The molecule has 36 heavy (non-hydrogen) atoms. The van der Waals surface area contributed by atoms with E-state index in [2.05, 4.69) is 13.8 Å². The molecule has 0 radical (unpaired) electrons. The Bertz CT molecular complexity index is 1140. The molecular formula is C30H36FO4P. The Balaban J connectivity index is 2.20. The third-order valence-electron chi connectivity index (χ3n) is 6.37. The van der Waals surface area contributed by atoms with Gasteiger partial charge in [0, 0.05) is 22.3 Å². The van der Waals surface area contributed by atoms with Crippen LogP contribution in [0.2, 0.25) is 0 Å². The number of benzene rings is 3. The summed E-state index contributed by atoms with van der Waals surface area (Å²) in [7, 11) is 3.51. The van der Waals surface area contributed by atoms with Crippen LogP contribution in [0.3, 0.4) is 0 Å². The number of rotatable bonds is 14. The zero-order valence-electron chi connectivity index (χ0n) is 21.6. The van der Waals surface area contributed by atoms with Crippen molar-refractivity contribution in [2.75, 3.05) is 14.2 Å². The molecule has 6 heteroatoms. The third-order valence-corrected chi connectivity index (χ3v) is 8.35. The molecule has 0 saturated carbocycles. The quantitative estimate of drug-likeness (QED) is 0.167. The van der Waals surface area contributed by atoms with Crippen LogP contribution in [0.1, 0.15) is 67.4 Å². The van der Waals surface area contributed by atoms with Gasteiger partial charge in [-0.2, -0.15) is 0 Å². The third kappa shape index (κ3) is 6.64. The van der Waals surface area contributed by atoms with E-state index in [1.165, 1.54) is 12.1 Å². The molecule has 0 aliphatic rings. The van der Waals surface area contributed by atoms with Crippen molar-refractivity contribution in [2.24, 2.45) is 0 Å². The van der Waals surface area contributed by atoms with Gasteiger partial charge >= 0.3 is 0 Å². The standard InChI is InChI=1S/C30H36FO4P/c1-5-7-16-30(15-6-2,36-28-14-13-24(31)17-23(28)20-32)26-18-25(33-3)19-27(34-4)29(26)35-21-22-11-9-8-10-12-22/h8-14,17-20,36H,5-7,15-16,21H2,1-4H3. The molecule has 0 amide bonds. The van der Waals surface area contributed by atoms with Crippen molar-refractivity contribution in [3.63, 3.8) is 0 Å². The second-order valence-electron chi connectivity index (χ2n) is 8.89. The Morgan fingerprint density at radius 1 is 0.944 bits per heavy atom. The maximum absolute atomic E-state index is 14.0. The molecule has 3 aromatic rings. The molecule has 4 nitrogen and oxygen atoms in total. The Hall–Kier alpha value is -2.91. The summed E-state index contributed by atoms with van der Waals surface area (Å²) in [6, 6.07) is 18.4. The fourth-order valence-electron chi connectivity index (χ4n) is 4.58. The number of hydrogen-bond acceptors (Lipinski definition) is 4. The first-order valence-corrected chi connectivity index (χ1v) is 13.5. The lowest BCUT2D eigenvalue weighted by molar-refractivity contribution is 0.112. The Labute approximate surface area is 216 Å². The SMILES string of the molecule is CCCCC(CCC)(Pc1ccc(F)cc1C=O)c1cc(OC)cc(OC)c1OCc1ccccc1. The van der Waals surface area contributed by atoms with E-state index in [0.29, 0.717) is 29.4 Å². The number of carbonyl (C=O) groups excluding carboxylic acids is 1. The zero-order chi connectivity index (χ0) is 26.0. The fourth-order valence-corrected chi connectivity index (χ4v) is 6.53. The summed E-state index contributed by atoms with van der Waals surface area (Å²) >= 11 is 0. The number of unbranched alkanes of at least 4 members (excludes halogenated alkanes) is 1. The smallest absolute Gasteiger partial charge is 0.166 e. The van der Waals surface area contributed by atoms with Crippen LogP contribution in [0.5, 0.6) is 17.2 Å². The van der Waals surface area contributed by atoms with Gasteiger partial charge in [-0.15, -0.1) is 0 Å². The number of halogens is 1. The number of hydrogen-bond donors (Lipinski definition) is 0. The van der Waals surface area contributed by atoms with E-state index in [0.717, 1.165) is 54.8 Å². The lowest BCUT2D eigenvalue weighted by Crippen LogP contribution is -2.26. The minimum Gasteiger partial charge on any atom is -0.497 e. The Morgan fingerprint density at radius 3 is 2.36 bits per heavy atom. The van der Waals surface area contributed by atoms with E-state index in [1.807, 2.05) is 42.5 Å². The summed E-state index contributed by atoms with van der Waals surface area (Å²) in [4.78, 5) is 11.9. The molecule has 2 unspecified atom stereocenters. The molecule has 2 atom stereocenters. The summed E-state index contributed by atoms with van der Waals surface area (Å²) in [6.07, 6.45) is 5.49. The van der Waals surface area contributed by atoms with Crippen molar-refractivity contribution in [1.29, 1.82) is 0 Å². The summed E-state index contributed by atoms with van der Waals surface area (Å²) in [6.45, 7) is 4.73. The lowest BCUT2D eigenvalue weighted by atomic mass is 9.87. The van der Waals surface area contributed by atoms with Crippen LogP contribution in [-0.4, -0.2) is 20.5 Å². The van der Waals surface area contributed by atoms with Gasteiger partial charge in [-0.3, -0.25) is 4.79 Å². The fraction of sp³-hybridized carbons (Fsp3) is 0.367. The van der Waals surface area contributed by atoms with Gasteiger partial charge in [0.05, 0.1) is 14.2 Å². The van der Waals surface area contributed by atoms with Crippen LogP contribution < -0.4 is 19.5 Å². The molecule has 0 heterocycles. The van der Waals surface area contributed by atoms with Crippen molar-refractivity contribution in [1.82, 2.24) is 0 Å². The van der Waals surface area contributed by atoms with Crippen molar-refractivity contribution >= 4 is 20.2 Å². The first kappa shape index (κ1) is 27.7. The second kappa shape index (κ2) is 13.4. The molecule has 0 spiro atoms. The predicted molar refractivity (Wildman–Crippen MR) is 146 cm³/mol.